The van der Waals surface area contributed by atoms with Crippen LogP contribution < -0.4 is 0 Å². The lowest BCUT2D eigenvalue weighted by atomic mass is 9.98. The molecule has 0 radical (unpaired) electrons. The van der Waals surface area contributed by atoms with E-state index >= 15 is 0 Å². The lowest BCUT2D eigenvalue weighted by Gasteiger charge is -2.06. The van der Waals surface area contributed by atoms with E-state index in [2.05, 4.69) is 92.3 Å². The summed E-state index contributed by atoms with van der Waals surface area (Å²) in [6, 6.07) is 35.4. The molecule has 0 atom stereocenters. The van der Waals surface area contributed by atoms with Gasteiger partial charge in [-0.2, -0.15) is 0 Å². The molecule has 45 heavy (non-hydrogen) atoms. The van der Waals surface area contributed by atoms with Crippen molar-refractivity contribution in [1.29, 1.82) is 0 Å². The van der Waals surface area contributed by atoms with Crippen molar-refractivity contribution in [3.63, 3.8) is 0 Å². The molecular weight excluding hydrogens is 556 g/mol. The van der Waals surface area contributed by atoms with Gasteiger partial charge in [0.05, 0.1) is 6.54 Å². The van der Waals surface area contributed by atoms with Crippen LogP contribution in [0.1, 0.15) is 51.1 Å². The van der Waals surface area contributed by atoms with Gasteiger partial charge < -0.3 is 9.55 Å². The summed E-state index contributed by atoms with van der Waals surface area (Å²) >= 11 is 0. The summed E-state index contributed by atoms with van der Waals surface area (Å²) < 4.78 is 2.23. The summed E-state index contributed by atoms with van der Waals surface area (Å²) in [7, 11) is 0. The van der Waals surface area contributed by atoms with Crippen molar-refractivity contribution in [2.45, 2.75) is 19.4 Å². The average Bonchev–Trinajstić information content (AvgIpc) is 3.86. The zero-order chi connectivity index (χ0) is 30.0. The molecule has 0 aliphatic carbocycles. The van der Waals surface area contributed by atoms with E-state index in [0.717, 1.165) is 28.0 Å². The second kappa shape index (κ2) is 11.6. The number of hydrogen-bond donors (Lipinski definition) is 1. The number of rotatable bonds is 6. The monoisotopic (exact) mass is 584 g/mol. The predicted octanol–water partition coefficient (Wildman–Crippen LogP) is 6.94. The van der Waals surface area contributed by atoms with E-state index in [1.54, 1.807) is 0 Å². The maximum absolute atomic E-state index is 5.29. The summed E-state index contributed by atoms with van der Waals surface area (Å²) in [5, 5.41) is 0. The van der Waals surface area contributed by atoms with Crippen LogP contribution in [0, 0.1) is 0 Å². The molecule has 0 saturated carbocycles. The minimum Gasteiger partial charge on any atom is -0.325 e. The molecule has 5 heterocycles. The number of H-pyrrole nitrogens is 1. The molecule has 0 amide bonds. The molecule has 0 saturated heterocycles. The summed E-state index contributed by atoms with van der Waals surface area (Å²) in [6.07, 6.45) is 8.84. The number of aromatic nitrogens is 8. The van der Waals surface area contributed by atoms with Gasteiger partial charge in [0, 0.05) is 24.0 Å². The molecule has 216 valence electrons. The van der Waals surface area contributed by atoms with Gasteiger partial charge in [-0.3, -0.25) is 0 Å². The molecule has 6 aromatic rings. The Morgan fingerprint density at radius 1 is 0.422 bits per heavy atom. The lowest BCUT2D eigenvalue weighted by molar-refractivity contribution is 0.837. The van der Waals surface area contributed by atoms with E-state index in [0.29, 0.717) is 54.0 Å². The fourth-order valence-electron chi connectivity index (χ4n) is 5.74. The Bertz CT molecular complexity index is 2230. The van der Waals surface area contributed by atoms with Gasteiger partial charge in [-0.25, -0.2) is 29.9 Å². The minimum absolute atomic E-state index is 0.548. The third kappa shape index (κ3) is 5.69. The third-order valence-electron chi connectivity index (χ3n) is 7.83. The highest BCUT2D eigenvalue weighted by Gasteiger charge is 2.21. The van der Waals surface area contributed by atoms with Crippen molar-refractivity contribution >= 4 is 46.9 Å². The number of hydrogen-bond acceptors (Lipinski definition) is 6. The van der Waals surface area contributed by atoms with Crippen LogP contribution in [0.2, 0.25) is 0 Å². The van der Waals surface area contributed by atoms with E-state index in [1.807, 2.05) is 54.6 Å². The Morgan fingerprint density at radius 2 is 0.844 bits per heavy atom. The van der Waals surface area contributed by atoms with Crippen molar-refractivity contribution in [2.24, 2.45) is 0 Å². The second-order valence-corrected chi connectivity index (χ2v) is 11.0. The Labute approximate surface area is 259 Å². The van der Waals surface area contributed by atoms with Crippen LogP contribution in [0.3, 0.4) is 0 Å². The standard InChI is InChI=1S/C37H28N8/c1-4-10-25(11-5-1)22-28-29(23-26-12-6-2-7-13-26)37-44-35-21-19-33(42-35)40-31-17-16-30(38-31)39-32-18-20-34(41-32)43-36(28)45(37)24-27-14-8-3-9-15-27/h1-21H,22-24H2,(H,38,39,40,41,42,43,44). The molecule has 2 aliphatic heterocycles. The van der Waals surface area contributed by atoms with Crippen molar-refractivity contribution in [3.8, 4) is 0 Å². The predicted molar refractivity (Wildman–Crippen MR) is 178 cm³/mol. The highest BCUT2D eigenvalue weighted by molar-refractivity contribution is 5.74. The molecule has 3 aromatic heterocycles. The van der Waals surface area contributed by atoms with Gasteiger partial charge in [-0.1, -0.05) is 91.0 Å². The number of fused-ring (bicyclic) bond motifs is 8. The fourth-order valence-corrected chi connectivity index (χ4v) is 5.74. The Morgan fingerprint density at radius 3 is 1.38 bits per heavy atom. The SMILES string of the molecule is C1=Cc2nc1nc1nc(nc3c(Cc4ccccc4)c(Cc4ccccc4)c(nc4ccc(n2)[nH]4)n3Cc2ccccc2)C=C1. The average molecular weight is 585 g/mol. The quantitative estimate of drug-likeness (QED) is 0.227. The number of nitrogens with one attached hydrogen (secondary N) is 1. The molecule has 8 rings (SSSR count). The first-order valence-electron chi connectivity index (χ1n) is 14.9. The molecule has 3 aromatic carbocycles. The van der Waals surface area contributed by atoms with Crippen molar-refractivity contribution < 1.29 is 0 Å². The van der Waals surface area contributed by atoms with Crippen LogP contribution in [0.5, 0.6) is 0 Å². The topological polar surface area (TPSA) is 98.1 Å². The Kier molecular flexibility index (Phi) is 6.84. The molecule has 8 heteroatoms. The first kappa shape index (κ1) is 26.6. The van der Waals surface area contributed by atoms with E-state index in [1.165, 1.54) is 11.1 Å². The molecule has 0 unspecified atom stereocenters. The largest absolute Gasteiger partial charge is 0.325 e. The number of benzene rings is 3. The number of nitrogens with zero attached hydrogens (tertiary/aromatic N) is 7. The molecule has 8 nitrogen and oxygen atoms in total. The zero-order valence-electron chi connectivity index (χ0n) is 24.4. The Hall–Kier alpha value is -6.02. The van der Waals surface area contributed by atoms with Gasteiger partial charge in [0.2, 0.25) is 0 Å². The highest BCUT2D eigenvalue weighted by Crippen LogP contribution is 2.29. The first-order valence-corrected chi connectivity index (χ1v) is 14.9. The third-order valence-corrected chi connectivity index (χ3v) is 7.83. The van der Waals surface area contributed by atoms with Gasteiger partial charge in [-0.15, -0.1) is 0 Å². The second-order valence-electron chi connectivity index (χ2n) is 11.0. The first-order chi connectivity index (χ1) is 22.2. The van der Waals surface area contributed by atoms with E-state index in [9.17, 15) is 0 Å². The summed E-state index contributed by atoms with van der Waals surface area (Å²) in [5.74, 6) is 2.24. The van der Waals surface area contributed by atoms with E-state index in [-0.39, 0.29) is 0 Å². The van der Waals surface area contributed by atoms with Gasteiger partial charge in [0.25, 0.3) is 0 Å². The van der Waals surface area contributed by atoms with Gasteiger partial charge in [0.15, 0.2) is 23.3 Å². The van der Waals surface area contributed by atoms with E-state index < -0.39 is 0 Å². The lowest BCUT2D eigenvalue weighted by Crippen LogP contribution is -2.03. The van der Waals surface area contributed by atoms with E-state index in [4.69, 9.17) is 19.9 Å². The van der Waals surface area contributed by atoms with Crippen LogP contribution in [0.25, 0.3) is 46.9 Å². The maximum Gasteiger partial charge on any atom is 0.156 e. The van der Waals surface area contributed by atoms with Gasteiger partial charge in [-0.05, 0) is 53.1 Å². The fraction of sp³-hybridized carbons (Fsp3) is 0.0811. The van der Waals surface area contributed by atoms with Crippen LogP contribution in [0.15, 0.2) is 103 Å². The Balaban J connectivity index is 1.50. The smallest absolute Gasteiger partial charge is 0.156 e. The molecule has 8 bridgehead atoms. The summed E-state index contributed by atoms with van der Waals surface area (Å²) in [6.45, 7) is 0.587. The molecule has 0 fully saturated rings. The van der Waals surface area contributed by atoms with Crippen molar-refractivity contribution in [1.82, 2.24) is 39.5 Å². The van der Waals surface area contributed by atoms with Crippen LogP contribution in [0.4, 0.5) is 0 Å². The van der Waals surface area contributed by atoms with Crippen molar-refractivity contribution in [3.05, 3.63) is 154 Å². The van der Waals surface area contributed by atoms with Crippen LogP contribution >= 0.6 is 0 Å². The number of aromatic amines is 1. The normalized spacial score (nSPS) is 12.1. The summed E-state index contributed by atoms with van der Waals surface area (Å²) in [5.41, 5.74) is 8.82. The maximum atomic E-state index is 5.29. The van der Waals surface area contributed by atoms with Gasteiger partial charge in [0.1, 0.15) is 22.6 Å². The minimum atomic E-state index is 0.548. The van der Waals surface area contributed by atoms with Crippen molar-refractivity contribution in [2.75, 3.05) is 0 Å². The van der Waals surface area contributed by atoms with Crippen LogP contribution in [-0.4, -0.2) is 39.5 Å². The van der Waals surface area contributed by atoms with Crippen LogP contribution in [-0.2, 0) is 19.4 Å². The molecule has 1 N–H and O–H groups in total. The van der Waals surface area contributed by atoms with Gasteiger partial charge >= 0.3 is 0 Å². The highest BCUT2D eigenvalue weighted by atomic mass is 15.1. The zero-order valence-corrected chi connectivity index (χ0v) is 24.4. The molecular formula is C37H28N8. The molecule has 0 spiro atoms. The summed E-state index contributed by atoms with van der Waals surface area (Å²) in [4.78, 5) is 32.6. The molecule has 2 aliphatic rings.